The number of piperidine rings is 1. The van der Waals surface area contributed by atoms with Crippen LogP contribution in [0.5, 0.6) is 17.2 Å². The number of ether oxygens (including phenoxy) is 3. The van der Waals surface area contributed by atoms with Gasteiger partial charge in [-0.15, -0.1) is 0 Å². The fourth-order valence-electron chi connectivity index (χ4n) is 4.65. The highest BCUT2D eigenvalue weighted by molar-refractivity contribution is 6.30. The van der Waals surface area contributed by atoms with Gasteiger partial charge in [-0.2, -0.15) is 0 Å². The van der Waals surface area contributed by atoms with E-state index in [1.165, 1.54) is 0 Å². The van der Waals surface area contributed by atoms with E-state index in [0.29, 0.717) is 28.7 Å². The Kier molecular flexibility index (Phi) is 6.24. The molecule has 4 rings (SSSR count). The predicted octanol–water partition coefficient (Wildman–Crippen LogP) is 2.89. The van der Waals surface area contributed by atoms with Crippen LogP contribution >= 0.6 is 11.6 Å². The van der Waals surface area contributed by atoms with Crippen molar-refractivity contribution in [1.82, 2.24) is 16.2 Å². The molecule has 2 aromatic carbocycles. The number of nitrogens with one attached hydrogen (secondary N) is 3. The molecule has 2 aliphatic rings. The second-order valence-corrected chi connectivity index (χ2v) is 8.17. The molecule has 2 saturated heterocycles. The van der Waals surface area contributed by atoms with Crippen LogP contribution in [0.25, 0.3) is 0 Å². The number of benzene rings is 2. The van der Waals surface area contributed by atoms with Crippen molar-refractivity contribution in [3.8, 4) is 17.2 Å². The highest BCUT2D eigenvalue weighted by atomic mass is 35.5. The van der Waals surface area contributed by atoms with Crippen molar-refractivity contribution in [3.63, 3.8) is 0 Å². The Hall–Kier alpha value is -2.52. The number of carboxylic acid groups (broad SMARTS) is 1. The molecular formula is C22H26ClN3O5. The van der Waals surface area contributed by atoms with E-state index in [-0.39, 0.29) is 24.2 Å². The van der Waals surface area contributed by atoms with Gasteiger partial charge >= 0.3 is 5.97 Å². The summed E-state index contributed by atoms with van der Waals surface area (Å²) in [6, 6.07) is 10.8. The first-order valence-corrected chi connectivity index (χ1v) is 10.4. The molecule has 0 radical (unpaired) electrons. The Balaban J connectivity index is 1.65. The molecule has 5 atom stereocenters. The van der Waals surface area contributed by atoms with E-state index in [9.17, 15) is 9.90 Å². The zero-order valence-electron chi connectivity index (χ0n) is 17.5. The number of hydrogen-bond donors (Lipinski definition) is 4. The maximum atomic E-state index is 12.3. The first kappa shape index (κ1) is 21.7. The molecular weight excluding hydrogens is 422 g/mol. The molecule has 5 unspecified atom stereocenters. The maximum Gasteiger partial charge on any atom is 0.307 e. The van der Waals surface area contributed by atoms with Gasteiger partial charge in [-0.25, -0.2) is 10.9 Å². The van der Waals surface area contributed by atoms with Gasteiger partial charge in [-0.1, -0.05) is 23.7 Å². The van der Waals surface area contributed by atoms with E-state index >= 15 is 0 Å². The minimum Gasteiger partial charge on any atom is -0.493 e. The number of carboxylic acids is 1. The fraction of sp³-hybridized carbons (Fsp3) is 0.409. The first-order chi connectivity index (χ1) is 15.0. The number of fused-ring (bicyclic) bond motifs is 1. The first-order valence-electron chi connectivity index (χ1n) is 10.0. The summed E-state index contributed by atoms with van der Waals surface area (Å²) in [4.78, 5) is 12.3. The number of hydrazine groups is 1. The molecule has 166 valence electrons. The lowest BCUT2D eigenvalue weighted by Crippen LogP contribution is -2.53. The van der Waals surface area contributed by atoms with Gasteiger partial charge in [0.2, 0.25) is 5.75 Å². The van der Waals surface area contributed by atoms with Crippen molar-refractivity contribution in [2.24, 2.45) is 11.8 Å². The second-order valence-electron chi connectivity index (χ2n) is 7.73. The van der Waals surface area contributed by atoms with Crippen LogP contribution < -0.4 is 30.4 Å². The van der Waals surface area contributed by atoms with Crippen molar-refractivity contribution in [2.45, 2.75) is 24.7 Å². The number of carbonyl (C=O) groups is 1. The van der Waals surface area contributed by atoms with Gasteiger partial charge in [-0.3, -0.25) is 10.1 Å². The normalized spacial score (nSPS) is 27.4. The minimum atomic E-state index is -0.821. The van der Waals surface area contributed by atoms with E-state index < -0.39 is 11.9 Å². The van der Waals surface area contributed by atoms with E-state index in [2.05, 4.69) is 16.2 Å². The van der Waals surface area contributed by atoms with Crippen molar-refractivity contribution in [1.29, 1.82) is 0 Å². The average Bonchev–Trinajstić information content (AvgIpc) is 3.21. The van der Waals surface area contributed by atoms with Crippen molar-refractivity contribution >= 4 is 17.6 Å². The summed E-state index contributed by atoms with van der Waals surface area (Å²) in [5, 5.41) is 14.3. The Morgan fingerprint density at radius 1 is 1.00 bits per heavy atom. The van der Waals surface area contributed by atoms with Gasteiger partial charge in [0.05, 0.1) is 39.5 Å². The van der Waals surface area contributed by atoms with Gasteiger partial charge in [0.15, 0.2) is 11.5 Å². The lowest BCUT2D eigenvalue weighted by Gasteiger charge is -2.39. The van der Waals surface area contributed by atoms with Crippen LogP contribution in [0.3, 0.4) is 0 Å². The summed E-state index contributed by atoms with van der Waals surface area (Å²) >= 11 is 6.02. The third-order valence-electron chi connectivity index (χ3n) is 6.13. The molecule has 0 aromatic heterocycles. The standard InChI is InChI=1S/C22H26ClN3O5/c1-29-16-8-12(9-17(30-2)20(16)31-3)15-10-14(22(27)28)18-19(25-26-21(18)24-15)11-4-6-13(23)7-5-11/h4-9,14-15,18-19,21,24-26H,10H2,1-3H3,(H,27,28). The third kappa shape index (κ3) is 4.04. The van der Waals surface area contributed by atoms with Gasteiger partial charge in [0.25, 0.3) is 0 Å². The van der Waals surface area contributed by atoms with Crippen LogP contribution in [0.1, 0.15) is 29.6 Å². The van der Waals surface area contributed by atoms with Gasteiger partial charge in [0, 0.05) is 17.0 Å². The highest BCUT2D eigenvalue weighted by Crippen LogP contribution is 2.45. The average molecular weight is 448 g/mol. The molecule has 2 aliphatic heterocycles. The predicted molar refractivity (Wildman–Crippen MR) is 115 cm³/mol. The van der Waals surface area contributed by atoms with Crippen molar-refractivity contribution in [2.75, 3.05) is 21.3 Å². The summed E-state index contributed by atoms with van der Waals surface area (Å²) in [5.74, 6) is -0.0111. The molecule has 0 aliphatic carbocycles. The van der Waals surface area contributed by atoms with Crippen LogP contribution in [0.15, 0.2) is 36.4 Å². The largest absolute Gasteiger partial charge is 0.493 e. The summed E-state index contributed by atoms with van der Waals surface area (Å²) in [6.45, 7) is 0. The maximum absolute atomic E-state index is 12.3. The fourth-order valence-corrected chi connectivity index (χ4v) is 4.78. The van der Waals surface area contributed by atoms with Crippen LogP contribution in [0.4, 0.5) is 0 Å². The molecule has 9 heteroatoms. The zero-order valence-corrected chi connectivity index (χ0v) is 18.3. The number of methoxy groups -OCH3 is 3. The molecule has 2 aromatic rings. The smallest absolute Gasteiger partial charge is 0.307 e. The van der Waals surface area contributed by atoms with Gasteiger partial charge < -0.3 is 19.3 Å². The second kappa shape index (κ2) is 8.92. The molecule has 0 spiro atoms. The Morgan fingerprint density at radius 2 is 1.65 bits per heavy atom. The lowest BCUT2D eigenvalue weighted by molar-refractivity contribution is -0.146. The molecule has 8 nitrogen and oxygen atoms in total. The molecule has 0 saturated carbocycles. The van der Waals surface area contributed by atoms with Crippen LogP contribution in [-0.2, 0) is 4.79 Å². The minimum absolute atomic E-state index is 0.156. The number of aliphatic carboxylic acids is 1. The van der Waals surface area contributed by atoms with Crippen LogP contribution in [0.2, 0.25) is 5.02 Å². The van der Waals surface area contributed by atoms with Crippen molar-refractivity contribution < 1.29 is 24.1 Å². The van der Waals surface area contributed by atoms with Crippen LogP contribution in [0, 0.1) is 11.8 Å². The van der Waals surface area contributed by atoms with E-state index in [1.807, 2.05) is 36.4 Å². The zero-order chi connectivity index (χ0) is 22.1. The molecule has 2 heterocycles. The highest BCUT2D eigenvalue weighted by Gasteiger charge is 2.49. The number of rotatable bonds is 6. The quantitative estimate of drug-likeness (QED) is 0.536. The molecule has 2 fully saturated rings. The molecule has 0 amide bonds. The number of halogens is 1. The molecule has 4 N–H and O–H groups in total. The lowest BCUT2D eigenvalue weighted by atomic mass is 9.75. The Morgan fingerprint density at radius 3 is 2.19 bits per heavy atom. The molecule has 31 heavy (non-hydrogen) atoms. The Labute approximate surface area is 185 Å². The van der Waals surface area contributed by atoms with E-state index in [0.717, 1.165) is 11.1 Å². The van der Waals surface area contributed by atoms with Crippen LogP contribution in [-0.4, -0.2) is 38.6 Å². The monoisotopic (exact) mass is 447 g/mol. The van der Waals surface area contributed by atoms with Crippen molar-refractivity contribution in [3.05, 3.63) is 52.5 Å². The summed E-state index contributed by atoms with van der Waals surface area (Å²) in [7, 11) is 4.67. The Bertz CT molecular complexity index is 930. The van der Waals surface area contributed by atoms with Gasteiger partial charge in [-0.05, 0) is 41.8 Å². The summed E-state index contributed by atoms with van der Waals surface area (Å²) < 4.78 is 16.3. The van der Waals surface area contributed by atoms with Gasteiger partial charge in [0.1, 0.15) is 0 Å². The SMILES string of the molecule is COc1cc(C2CC(C(=O)O)C3C(NNC3c3ccc(Cl)cc3)N2)cc(OC)c1OC. The third-order valence-corrected chi connectivity index (χ3v) is 6.39. The molecule has 0 bridgehead atoms. The number of hydrogen-bond acceptors (Lipinski definition) is 7. The summed E-state index contributed by atoms with van der Waals surface area (Å²) in [6.07, 6.45) is 0.183. The van der Waals surface area contributed by atoms with E-state index in [4.69, 9.17) is 25.8 Å². The topological polar surface area (TPSA) is 101 Å². The van der Waals surface area contributed by atoms with E-state index in [1.54, 1.807) is 21.3 Å². The summed E-state index contributed by atoms with van der Waals surface area (Å²) in [5.41, 5.74) is 8.37.